The van der Waals surface area contributed by atoms with Crippen molar-refractivity contribution < 1.29 is 4.74 Å². The van der Waals surface area contributed by atoms with E-state index < -0.39 is 5.56 Å². The van der Waals surface area contributed by atoms with Crippen molar-refractivity contribution in [2.75, 3.05) is 0 Å². The molecule has 135 valence electrons. The number of ether oxygens (including phenoxy) is 1. The van der Waals surface area contributed by atoms with Crippen molar-refractivity contribution in [3.8, 4) is 11.8 Å². The van der Waals surface area contributed by atoms with E-state index in [1.807, 2.05) is 6.92 Å². The molecule has 8 heteroatoms. The van der Waals surface area contributed by atoms with Gasteiger partial charge in [-0.25, -0.2) is 10.3 Å². The highest BCUT2D eigenvalue weighted by Crippen LogP contribution is 2.36. The Morgan fingerprint density at radius 3 is 2.85 bits per heavy atom. The van der Waals surface area contributed by atoms with E-state index in [0.717, 1.165) is 37.9 Å². The molecule has 0 unspecified atom stereocenters. The third kappa shape index (κ3) is 2.91. The van der Waals surface area contributed by atoms with Crippen molar-refractivity contribution >= 4 is 17.3 Å². The Morgan fingerprint density at radius 1 is 1.31 bits per heavy atom. The number of aromatic nitrogens is 3. The van der Waals surface area contributed by atoms with E-state index in [1.165, 1.54) is 12.3 Å². The van der Waals surface area contributed by atoms with E-state index >= 15 is 0 Å². The summed E-state index contributed by atoms with van der Waals surface area (Å²) in [6.45, 7) is 2.57. The molecule has 2 aromatic heterocycles. The molecular weight excluding hydrogens is 334 g/mol. The fraction of sp³-hybridized carbons (Fsp3) is 0.444. The number of rotatable bonds is 5. The minimum atomic E-state index is -0.480. The van der Waals surface area contributed by atoms with Gasteiger partial charge in [0.1, 0.15) is 5.84 Å². The number of hydrogen-bond donors (Lipinski definition) is 1. The average molecular weight is 354 g/mol. The molecule has 4 rings (SSSR count). The van der Waals surface area contributed by atoms with Gasteiger partial charge in [0.05, 0.1) is 0 Å². The second kappa shape index (κ2) is 6.78. The van der Waals surface area contributed by atoms with Crippen LogP contribution in [0.2, 0.25) is 0 Å². The number of amidine groups is 1. The molecule has 0 spiro atoms. The highest BCUT2D eigenvalue weighted by atomic mass is 16.5. The largest absolute Gasteiger partial charge is 0.419 e. The molecule has 3 heterocycles. The van der Waals surface area contributed by atoms with Crippen LogP contribution >= 0.6 is 0 Å². The normalized spacial score (nSPS) is 16.3. The second-order valence-corrected chi connectivity index (χ2v) is 6.55. The van der Waals surface area contributed by atoms with E-state index in [9.17, 15) is 9.59 Å². The highest BCUT2D eigenvalue weighted by Gasteiger charge is 2.31. The maximum atomic E-state index is 12.5. The molecule has 0 saturated heterocycles. The number of pyridine rings is 1. The van der Waals surface area contributed by atoms with E-state index in [0.29, 0.717) is 18.3 Å². The molecule has 1 aliphatic heterocycles. The molecule has 0 atom stereocenters. The van der Waals surface area contributed by atoms with E-state index in [4.69, 9.17) is 4.74 Å². The van der Waals surface area contributed by atoms with Gasteiger partial charge in [-0.3, -0.25) is 14.2 Å². The molecular formula is C18H20N5O3. The Morgan fingerprint density at radius 2 is 2.12 bits per heavy atom. The molecule has 1 saturated carbocycles. The van der Waals surface area contributed by atoms with E-state index in [2.05, 4.69) is 20.3 Å². The first-order valence-electron chi connectivity index (χ1n) is 8.98. The molecule has 0 bridgehead atoms. The Labute approximate surface area is 150 Å². The van der Waals surface area contributed by atoms with Gasteiger partial charge in [-0.2, -0.15) is 4.98 Å². The lowest BCUT2D eigenvalue weighted by atomic mass is 10.1. The van der Waals surface area contributed by atoms with Crippen molar-refractivity contribution in [2.24, 2.45) is 10.9 Å². The number of H-pyrrole nitrogens is 1. The second-order valence-electron chi connectivity index (χ2n) is 6.55. The zero-order valence-electron chi connectivity index (χ0n) is 14.6. The Balaban J connectivity index is 1.77. The van der Waals surface area contributed by atoms with Crippen molar-refractivity contribution in [1.82, 2.24) is 19.9 Å². The van der Waals surface area contributed by atoms with Gasteiger partial charge in [-0.1, -0.05) is 19.8 Å². The monoisotopic (exact) mass is 354 g/mol. The summed E-state index contributed by atoms with van der Waals surface area (Å²) in [5, 5.41) is 4.47. The zero-order chi connectivity index (χ0) is 18.1. The summed E-state index contributed by atoms with van der Waals surface area (Å²) in [4.78, 5) is 35.6. The first kappa shape index (κ1) is 16.6. The predicted molar refractivity (Wildman–Crippen MR) is 96.8 cm³/mol. The Hall–Kier alpha value is -2.90. The first-order chi connectivity index (χ1) is 12.7. The van der Waals surface area contributed by atoms with Crippen LogP contribution in [0.4, 0.5) is 11.5 Å². The molecule has 1 aliphatic carbocycles. The molecule has 1 fully saturated rings. The van der Waals surface area contributed by atoms with Gasteiger partial charge < -0.3 is 9.72 Å². The third-order valence-electron chi connectivity index (χ3n) is 4.70. The van der Waals surface area contributed by atoms with Gasteiger partial charge in [0, 0.05) is 18.7 Å². The molecule has 0 aromatic carbocycles. The lowest BCUT2D eigenvalue weighted by Crippen LogP contribution is -2.22. The topological polar surface area (TPSA) is 103 Å². The molecule has 2 aliphatic rings. The van der Waals surface area contributed by atoms with Gasteiger partial charge in [-0.15, -0.1) is 0 Å². The minimum absolute atomic E-state index is 0.0684. The summed E-state index contributed by atoms with van der Waals surface area (Å²) in [5.74, 6) is 1.59. The minimum Gasteiger partial charge on any atom is -0.419 e. The average Bonchev–Trinajstić information content (AvgIpc) is 3.30. The van der Waals surface area contributed by atoms with Gasteiger partial charge in [0.2, 0.25) is 0 Å². The zero-order valence-corrected chi connectivity index (χ0v) is 14.6. The van der Waals surface area contributed by atoms with Gasteiger partial charge in [-0.05, 0) is 31.4 Å². The smallest absolute Gasteiger partial charge is 0.307 e. The molecule has 1 N–H and O–H groups in total. The maximum Gasteiger partial charge on any atom is 0.307 e. The molecule has 2 aromatic rings. The van der Waals surface area contributed by atoms with Gasteiger partial charge in [0.15, 0.2) is 17.3 Å². The van der Waals surface area contributed by atoms with E-state index in [-0.39, 0.29) is 23.0 Å². The number of hydrogen-bond acceptors (Lipinski definition) is 5. The molecule has 1 radical (unpaired) electrons. The molecule has 0 amide bonds. The quantitative estimate of drug-likeness (QED) is 0.891. The van der Waals surface area contributed by atoms with E-state index in [1.54, 1.807) is 10.6 Å². The third-order valence-corrected chi connectivity index (χ3v) is 4.70. The van der Waals surface area contributed by atoms with Crippen LogP contribution in [0.1, 0.15) is 39.0 Å². The number of aromatic amines is 1. The molecule has 8 nitrogen and oxygen atoms in total. The van der Waals surface area contributed by atoms with Crippen LogP contribution in [-0.4, -0.2) is 20.4 Å². The van der Waals surface area contributed by atoms with Crippen LogP contribution in [0.15, 0.2) is 32.9 Å². The number of aliphatic imine (C=N–C) groups is 1. The maximum absolute atomic E-state index is 12.5. The van der Waals surface area contributed by atoms with Crippen LogP contribution in [0.3, 0.4) is 0 Å². The Bertz CT molecular complexity index is 970. The fourth-order valence-electron chi connectivity index (χ4n) is 3.43. The number of fused-ring (bicyclic) bond motifs is 1. The first-order valence-corrected chi connectivity index (χ1v) is 8.98. The summed E-state index contributed by atoms with van der Waals surface area (Å²) in [6.07, 6.45) is 6.74. The summed E-state index contributed by atoms with van der Waals surface area (Å²) < 4.78 is 7.39. The van der Waals surface area contributed by atoms with Crippen molar-refractivity contribution in [2.45, 2.75) is 45.6 Å². The van der Waals surface area contributed by atoms with Crippen LogP contribution in [0.25, 0.3) is 0 Å². The standard InChI is InChI=1S/C18H20N5O3/c1-2-10-23-15-13(20-14(21-15)11-6-3-4-7-11)17(25)22-18(23)26-12-8-5-9-19-16(12)24/h5,8-9,11H,2-4,6-7,10H2,1H3,(H,19,24). The summed E-state index contributed by atoms with van der Waals surface area (Å²) in [7, 11) is 0. The number of nitrogens with one attached hydrogen (secondary N) is 1. The Kier molecular flexibility index (Phi) is 4.32. The van der Waals surface area contributed by atoms with Crippen molar-refractivity contribution in [3.05, 3.63) is 39.0 Å². The number of nitrogens with zero attached hydrogens (tertiary/aromatic N) is 4. The fourth-order valence-corrected chi connectivity index (χ4v) is 3.43. The SMILES string of the molecule is CCCn1c(Oc2ccc[nH]c2=O)nc(=O)c2c1N=C(C1CCCC1)[N]2. The van der Waals surface area contributed by atoms with Crippen LogP contribution in [0, 0.1) is 5.92 Å². The predicted octanol–water partition coefficient (Wildman–Crippen LogP) is 2.60. The lowest BCUT2D eigenvalue weighted by Gasteiger charge is -2.13. The van der Waals surface area contributed by atoms with Crippen LogP contribution in [-0.2, 0) is 6.54 Å². The van der Waals surface area contributed by atoms with Crippen LogP contribution < -0.4 is 21.2 Å². The van der Waals surface area contributed by atoms with Crippen molar-refractivity contribution in [3.63, 3.8) is 0 Å². The lowest BCUT2D eigenvalue weighted by molar-refractivity contribution is 0.395. The van der Waals surface area contributed by atoms with Crippen LogP contribution in [0.5, 0.6) is 11.8 Å². The summed E-state index contributed by atoms with van der Waals surface area (Å²) in [5.41, 5.74) is -0.591. The molecule has 26 heavy (non-hydrogen) atoms. The van der Waals surface area contributed by atoms with Crippen molar-refractivity contribution in [1.29, 1.82) is 0 Å². The van der Waals surface area contributed by atoms with Gasteiger partial charge in [0.25, 0.3) is 5.56 Å². The van der Waals surface area contributed by atoms with Gasteiger partial charge >= 0.3 is 11.6 Å². The summed E-state index contributed by atoms with van der Waals surface area (Å²) >= 11 is 0. The summed E-state index contributed by atoms with van der Waals surface area (Å²) in [6, 6.07) is 3.25. The highest BCUT2D eigenvalue weighted by molar-refractivity contribution is 5.96.